The summed E-state index contributed by atoms with van der Waals surface area (Å²) in [5.41, 5.74) is 1.55. The SMILES string of the molecule is O=C(Cn1cccn1)NCc1cn(-c2ccncc2)nn1. The fourth-order valence-corrected chi connectivity index (χ4v) is 1.79. The number of nitrogens with one attached hydrogen (secondary N) is 1. The number of amides is 1. The van der Waals surface area contributed by atoms with Gasteiger partial charge < -0.3 is 5.32 Å². The molecule has 3 heterocycles. The molecular weight excluding hydrogens is 270 g/mol. The van der Waals surface area contributed by atoms with Crippen LogP contribution >= 0.6 is 0 Å². The standard InChI is InChI=1S/C13H13N7O/c21-13(10-19-7-1-4-16-19)15-8-11-9-20(18-17-11)12-2-5-14-6-3-12/h1-7,9H,8,10H2,(H,15,21). The van der Waals surface area contributed by atoms with Crippen LogP contribution in [0, 0.1) is 0 Å². The van der Waals surface area contributed by atoms with Crippen LogP contribution in [0.3, 0.4) is 0 Å². The van der Waals surface area contributed by atoms with Crippen molar-refractivity contribution in [2.45, 2.75) is 13.1 Å². The van der Waals surface area contributed by atoms with Crippen LogP contribution in [-0.2, 0) is 17.9 Å². The van der Waals surface area contributed by atoms with Gasteiger partial charge in [-0.1, -0.05) is 5.21 Å². The zero-order valence-electron chi connectivity index (χ0n) is 11.1. The van der Waals surface area contributed by atoms with Gasteiger partial charge in [-0.15, -0.1) is 5.10 Å². The van der Waals surface area contributed by atoms with E-state index in [-0.39, 0.29) is 12.5 Å². The van der Waals surface area contributed by atoms with Gasteiger partial charge in [-0.25, -0.2) is 4.68 Å². The third-order valence-electron chi connectivity index (χ3n) is 2.80. The molecule has 3 aromatic rings. The predicted octanol–water partition coefficient (Wildman–Crippen LogP) is 0.175. The van der Waals surface area contributed by atoms with E-state index in [0.29, 0.717) is 12.2 Å². The van der Waals surface area contributed by atoms with Crippen molar-refractivity contribution >= 4 is 5.91 Å². The smallest absolute Gasteiger partial charge is 0.242 e. The van der Waals surface area contributed by atoms with Crippen molar-refractivity contribution < 1.29 is 4.79 Å². The van der Waals surface area contributed by atoms with Crippen LogP contribution in [0.15, 0.2) is 49.2 Å². The van der Waals surface area contributed by atoms with E-state index in [1.54, 1.807) is 46.4 Å². The summed E-state index contributed by atoms with van der Waals surface area (Å²) >= 11 is 0. The lowest BCUT2D eigenvalue weighted by Gasteiger charge is -2.02. The number of hydrogen-bond acceptors (Lipinski definition) is 5. The number of nitrogens with zero attached hydrogens (tertiary/aromatic N) is 6. The Labute approximate surface area is 120 Å². The molecular formula is C13H13N7O. The van der Waals surface area contributed by atoms with E-state index >= 15 is 0 Å². The molecule has 8 nitrogen and oxygen atoms in total. The maximum absolute atomic E-state index is 11.7. The van der Waals surface area contributed by atoms with Gasteiger partial charge in [0.2, 0.25) is 5.91 Å². The van der Waals surface area contributed by atoms with Crippen LogP contribution in [0.25, 0.3) is 5.69 Å². The summed E-state index contributed by atoms with van der Waals surface area (Å²) in [4.78, 5) is 15.7. The fourth-order valence-electron chi connectivity index (χ4n) is 1.79. The fraction of sp³-hybridized carbons (Fsp3) is 0.154. The van der Waals surface area contributed by atoms with Gasteiger partial charge in [-0.3, -0.25) is 14.5 Å². The van der Waals surface area contributed by atoms with Crippen LogP contribution in [-0.4, -0.2) is 35.7 Å². The third-order valence-corrected chi connectivity index (χ3v) is 2.80. The summed E-state index contributed by atoms with van der Waals surface area (Å²) in [5, 5.41) is 14.8. The second-order valence-electron chi connectivity index (χ2n) is 4.34. The number of hydrogen-bond donors (Lipinski definition) is 1. The van der Waals surface area contributed by atoms with E-state index in [9.17, 15) is 4.79 Å². The van der Waals surface area contributed by atoms with Crippen molar-refractivity contribution in [1.82, 2.24) is 35.1 Å². The van der Waals surface area contributed by atoms with Gasteiger partial charge >= 0.3 is 0 Å². The predicted molar refractivity (Wildman–Crippen MR) is 73.2 cm³/mol. The second-order valence-corrected chi connectivity index (χ2v) is 4.34. The molecule has 1 N–H and O–H groups in total. The molecule has 0 unspecified atom stereocenters. The molecule has 21 heavy (non-hydrogen) atoms. The van der Waals surface area contributed by atoms with E-state index in [2.05, 4.69) is 25.7 Å². The Hall–Kier alpha value is -3.03. The van der Waals surface area contributed by atoms with Gasteiger partial charge in [0.15, 0.2) is 0 Å². The Balaban J connectivity index is 1.56. The largest absolute Gasteiger partial charge is 0.349 e. The highest BCUT2D eigenvalue weighted by Gasteiger charge is 2.06. The molecule has 0 aromatic carbocycles. The highest BCUT2D eigenvalue weighted by molar-refractivity contribution is 5.75. The zero-order valence-corrected chi connectivity index (χ0v) is 11.1. The van der Waals surface area contributed by atoms with Crippen LogP contribution in [0.5, 0.6) is 0 Å². The van der Waals surface area contributed by atoms with E-state index < -0.39 is 0 Å². The first kappa shape index (κ1) is 13.0. The van der Waals surface area contributed by atoms with E-state index in [1.165, 1.54) is 0 Å². The van der Waals surface area contributed by atoms with Crippen molar-refractivity contribution in [3.05, 3.63) is 54.9 Å². The summed E-state index contributed by atoms with van der Waals surface area (Å²) in [5.74, 6) is -0.128. The van der Waals surface area contributed by atoms with Crippen molar-refractivity contribution in [3.63, 3.8) is 0 Å². The quantitative estimate of drug-likeness (QED) is 0.721. The van der Waals surface area contributed by atoms with Gasteiger partial charge in [0.25, 0.3) is 0 Å². The lowest BCUT2D eigenvalue weighted by molar-refractivity contribution is -0.122. The van der Waals surface area contributed by atoms with Crippen molar-refractivity contribution in [3.8, 4) is 5.69 Å². The molecule has 106 valence electrons. The Bertz CT molecular complexity index is 705. The van der Waals surface area contributed by atoms with E-state index in [0.717, 1.165) is 5.69 Å². The molecule has 0 saturated heterocycles. The molecule has 3 rings (SSSR count). The number of aromatic nitrogens is 6. The first-order valence-corrected chi connectivity index (χ1v) is 6.37. The molecule has 0 bridgehead atoms. The van der Waals surface area contributed by atoms with Crippen molar-refractivity contribution in [2.75, 3.05) is 0 Å². The molecule has 3 aromatic heterocycles. The lowest BCUT2D eigenvalue weighted by Crippen LogP contribution is -2.27. The Morgan fingerprint density at radius 1 is 1.24 bits per heavy atom. The second kappa shape index (κ2) is 5.95. The number of pyridine rings is 1. The molecule has 0 spiro atoms. The molecule has 0 aliphatic heterocycles. The summed E-state index contributed by atoms with van der Waals surface area (Å²) in [6.07, 6.45) is 8.50. The molecule has 0 aliphatic rings. The highest BCUT2D eigenvalue weighted by Crippen LogP contribution is 2.04. The molecule has 0 fully saturated rings. The lowest BCUT2D eigenvalue weighted by atomic mass is 10.4. The highest BCUT2D eigenvalue weighted by atomic mass is 16.2. The van der Waals surface area contributed by atoms with Gasteiger partial charge in [-0.2, -0.15) is 5.10 Å². The molecule has 0 radical (unpaired) electrons. The Kier molecular flexibility index (Phi) is 3.68. The zero-order chi connectivity index (χ0) is 14.5. The Morgan fingerprint density at radius 2 is 2.10 bits per heavy atom. The maximum Gasteiger partial charge on any atom is 0.242 e. The van der Waals surface area contributed by atoms with Crippen LogP contribution in [0.1, 0.15) is 5.69 Å². The average Bonchev–Trinajstić information content (AvgIpc) is 3.17. The third kappa shape index (κ3) is 3.30. The molecule has 0 aliphatic carbocycles. The first-order chi connectivity index (χ1) is 10.3. The van der Waals surface area contributed by atoms with Crippen LogP contribution < -0.4 is 5.32 Å². The van der Waals surface area contributed by atoms with Crippen LogP contribution in [0.4, 0.5) is 0 Å². The van der Waals surface area contributed by atoms with E-state index in [4.69, 9.17) is 0 Å². The summed E-state index contributed by atoms with van der Waals surface area (Å²) < 4.78 is 3.19. The topological polar surface area (TPSA) is 90.5 Å². The number of rotatable bonds is 5. The maximum atomic E-state index is 11.7. The number of carbonyl (C=O) groups is 1. The Morgan fingerprint density at radius 3 is 2.86 bits per heavy atom. The van der Waals surface area contributed by atoms with Gasteiger partial charge in [-0.05, 0) is 18.2 Å². The average molecular weight is 283 g/mol. The summed E-state index contributed by atoms with van der Waals surface area (Å²) in [6.45, 7) is 0.511. The minimum absolute atomic E-state index is 0.128. The van der Waals surface area contributed by atoms with Crippen LogP contribution in [0.2, 0.25) is 0 Å². The monoisotopic (exact) mass is 283 g/mol. The molecule has 0 saturated carbocycles. The van der Waals surface area contributed by atoms with Gasteiger partial charge in [0, 0.05) is 24.8 Å². The summed E-state index contributed by atoms with van der Waals surface area (Å²) in [7, 11) is 0. The van der Waals surface area contributed by atoms with Gasteiger partial charge in [0.1, 0.15) is 12.2 Å². The molecule has 1 amide bonds. The molecule has 8 heteroatoms. The first-order valence-electron chi connectivity index (χ1n) is 6.37. The minimum Gasteiger partial charge on any atom is -0.349 e. The van der Waals surface area contributed by atoms with Crippen molar-refractivity contribution in [2.24, 2.45) is 0 Å². The minimum atomic E-state index is -0.128. The van der Waals surface area contributed by atoms with Crippen molar-refractivity contribution in [1.29, 1.82) is 0 Å². The number of carbonyl (C=O) groups excluding carboxylic acids is 1. The van der Waals surface area contributed by atoms with Gasteiger partial charge in [0.05, 0.1) is 18.4 Å². The van der Waals surface area contributed by atoms with E-state index in [1.807, 2.05) is 12.1 Å². The summed E-state index contributed by atoms with van der Waals surface area (Å²) in [6, 6.07) is 5.43. The normalized spacial score (nSPS) is 10.5. The molecule has 0 atom stereocenters.